The maximum atomic E-state index is 10.5. The summed E-state index contributed by atoms with van der Waals surface area (Å²) in [6, 6.07) is 38.2. The minimum absolute atomic E-state index is 0. The highest BCUT2D eigenvalue weighted by atomic mass is 16.7. The van der Waals surface area contributed by atoms with Gasteiger partial charge in [-0.05, 0) is 89.1 Å². The van der Waals surface area contributed by atoms with E-state index in [1.807, 2.05) is 50.2 Å². The number of hydrogen-bond donors (Lipinski definition) is 0. The van der Waals surface area contributed by atoms with Gasteiger partial charge in [0.2, 0.25) is 6.79 Å². The number of benzene rings is 5. The van der Waals surface area contributed by atoms with Crippen molar-refractivity contribution in [3.63, 3.8) is 0 Å². The Morgan fingerprint density at radius 1 is 0.571 bits per heavy atom. The second-order valence-electron chi connectivity index (χ2n) is 14.2. The fourth-order valence-corrected chi connectivity index (χ4v) is 5.58. The van der Waals surface area contributed by atoms with Crippen molar-refractivity contribution in [3.8, 4) is 17.2 Å². The number of para-hydroxylation sites is 1. The van der Waals surface area contributed by atoms with Crippen molar-refractivity contribution in [3.05, 3.63) is 164 Å². The lowest BCUT2D eigenvalue weighted by Gasteiger charge is -2.12. The number of rotatable bonds is 8. The molecular formula is C50H73NO5. The van der Waals surface area contributed by atoms with Gasteiger partial charge in [0.15, 0.2) is 11.5 Å². The lowest BCUT2D eigenvalue weighted by Crippen LogP contribution is -1.98. The van der Waals surface area contributed by atoms with Crippen molar-refractivity contribution in [2.24, 2.45) is 0 Å². The van der Waals surface area contributed by atoms with Crippen molar-refractivity contribution in [2.75, 3.05) is 6.79 Å². The molecule has 0 unspecified atom stereocenters. The first-order chi connectivity index (χ1) is 24.8. The third-order valence-corrected chi connectivity index (χ3v) is 8.73. The van der Waals surface area contributed by atoms with Gasteiger partial charge in [0, 0.05) is 11.6 Å². The van der Waals surface area contributed by atoms with Gasteiger partial charge in [0.1, 0.15) is 12.4 Å². The van der Waals surface area contributed by atoms with Crippen LogP contribution in [0.4, 0.5) is 5.69 Å². The van der Waals surface area contributed by atoms with Crippen LogP contribution in [0.2, 0.25) is 0 Å². The van der Waals surface area contributed by atoms with E-state index < -0.39 is 0 Å². The molecule has 0 amide bonds. The Morgan fingerprint density at radius 3 is 1.57 bits per heavy atom. The Kier molecular flexibility index (Phi) is 25.2. The number of fused-ring (bicyclic) bond motifs is 1. The molecule has 0 atom stereocenters. The fourth-order valence-electron chi connectivity index (χ4n) is 5.58. The second-order valence-corrected chi connectivity index (χ2v) is 14.2. The molecule has 1 heterocycles. The number of nitro groups is 1. The highest BCUT2D eigenvalue weighted by molar-refractivity contribution is 5.45. The topological polar surface area (TPSA) is 70.8 Å². The first-order valence-corrected chi connectivity index (χ1v) is 18.2. The van der Waals surface area contributed by atoms with Gasteiger partial charge in [-0.3, -0.25) is 10.1 Å². The van der Waals surface area contributed by atoms with Gasteiger partial charge in [-0.1, -0.05) is 176 Å². The molecule has 0 spiro atoms. The Bertz CT molecular complexity index is 1830. The highest BCUT2D eigenvalue weighted by Crippen LogP contribution is 2.34. The number of ether oxygens (including phenoxy) is 3. The molecule has 308 valence electrons. The van der Waals surface area contributed by atoms with Crippen LogP contribution < -0.4 is 14.2 Å². The fraction of sp³-hybridized carbons (Fsp3) is 0.400. The number of hydrogen-bond acceptors (Lipinski definition) is 5. The van der Waals surface area contributed by atoms with Crippen LogP contribution in [-0.2, 0) is 6.61 Å². The van der Waals surface area contributed by atoms with E-state index in [1.165, 1.54) is 39.4 Å². The van der Waals surface area contributed by atoms with Gasteiger partial charge in [-0.2, -0.15) is 0 Å². The Labute approximate surface area is 341 Å². The van der Waals surface area contributed by atoms with Crippen LogP contribution in [0.25, 0.3) is 0 Å². The zero-order valence-electron chi connectivity index (χ0n) is 32.7. The average molecular weight is 768 g/mol. The van der Waals surface area contributed by atoms with Crippen LogP contribution in [0.5, 0.6) is 17.2 Å². The van der Waals surface area contributed by atoms with Crippen molar-refractivity contribution in [1.82, 2.24) is 0 Å². The lowest BCUT2D eigenvalue weighted by molar-refractivity contribution is -0.385. The maximum absolute atomic E-state index is 10.5. The molecule has 6 rings (SSSR count). The first kappa shape index (κ1) is 53.0. The Balaban J connectivity index is 0. The number of nitro benzene ring substituents is 1. The molecule has 0 N–H and O–H groups in total. The van der Waals surface area contributed by atoms with E-state index in [9.17, 15) is 10.1 Å². The third-order valence-electron chi connectivity index (χ3n) is 8.73. The van der Waals surface area contributed by atoms with E-state index in [0.717, 1.165) is 22.8 Å². The quantitative estimate of drug-likeness (QED) is 0.116. The lowest BCUT2D eigenvalue weighted by atomic mass is 9.99. The van der Waals surface area contributed by atoms with Crippen molar-refractivity contribution in [1.29, 1.82) is 0 Å². The van der Waals surface area contributed by atoms with Gasteiger partial charge in [-0.25, -0.2) is 0 Å². The van der Waals surface area contributed by atoms with Crippen LogP contribution in [0, 0.1) is 24.0 Å². The second kappa shape index (κ2) is 26.7. The minimum Gasteiger partial charge on any atom is -0.489 e. The van der Waals surface area contributed by atoms with Gasteiger partial charge >= 0.3 is 0 Å². The molecule has 0 aromatic heterocycles. The molecule has 0 saturated carbocycles. The smallest absolute Gasteiger partial charge is 0.272 e. The zero-order chi connectivity index (χ0) is 38.2. The van der Waals surface area contributed by atoms with Crippen LogP contribution in [-0.4, -0.2) is 11.7 Å². The molecule has 56 heavy (non-hydrogen) atoms. The summed E-state index contributed by atoms with van der Waals surface area (Å²) in [6.07, 6.45) is 0. The molecule has 0 aliphatic carbocycles. The van der Waals surface area contributed by atoms with E-state index in [1.54, 1.807) is 12.1 Å². The van der Waals surface area contributed by atoms with Gasteiger partial charge in [0.05, 0.1) is 4.92 Å². The van der Waals surface area contributed by atoms with Crippen molar-refractivity contribution >= 4 is 5.69 Å². The summed E-state index contributed by atoms with van der Waals surface area (Å²) in [6.45, 7) is 22.3. The van der Waals surface area contributed by atoms with Crippen molar-refractivity contribution < 1.29 is 19.1 Å². The van der Waals surface area contributed by atoms with E-state index >= 15 is 0 Å². The Hall–Kier alpha value is -5.10. The molecule has 6 nitrogen and oxygen atoms in total. The number of aryl methyl sites for hydroxylation is 2. The molecule has 0 fully saturated rings. The monoisotopic (exact) mass is 768 g/mol. The van der Waals surface area contributed by atoms with Crippen LogP contribution in [0.3, 0.4) is 0 Å². The van der Waals surface area contributed by atoms with Crippen LogP contribution in [0.1, 0.15) is 148 Å². The summed E-state index contributed by atoms with van der Waals surface area (Å²) < 4.78 is 16.3. The van der Waals surface area contributed by atoms with E-state index in [-0.39, 0.29) is 46.2 Å². The predicted molar refractivity (Wildman–Crippen MR) is 242 cm³/mol. The molecule has 5 aromatic rings. The first-order valence-electron chi connectivity index (χ1n) is 18.2. The van der Waals surface area contributed by atoms with Crippen molar-refractivity contribution in [2.45, 2.75) is 129 Å². The van der Waals surface area contributed by atoms with E-state index in [0.29, 0.717) is 31.2 Å². The molecule has 5 aromatic carbocycles. The Morgan fingerprint density at radius 2 is 1.07 bits per heavy atom. The van der Waals surface area contributed by atoms with Gasteiger partial charge in [-0.15, -0.1) is 0 Å². The summed E-state index contributed by atoms with van der Waals surface area (Å²) in [5.41, 5.74) is 8.93. The summed E-state index contributed by atoms with van der Waals surface area (Å²) in [5, 5.41) is 10.5. The normalized spacial score (nSPS) is 10.5. The summed E-state index contributed by atoms with van der Waals surface area (Å²) in [4.78, 5) is 10.2. The SMILES string of the molecule is C.C.C.C.CC(C)c1ccc2c(c1)OCO2.CC(C)c1ccccc1[N+](=O)[O-].Cc1cc(C(C)C)ccc1OCc1ccccc1.Cc1ccccc1C(C)C. The molecule has 1 aliphatic rings. The summed E-state index contributed by atoms with van der Waals surface area (Å²) in [5.74, 6) is 4.67. The van der Waals surface area contributed by atoms with E-state index in [4.69, 9.17) is 14.2 Å². The molecule has 0 radical (unpaired) electrons. The molecule has 6 heteroatoms. The van der Waals surface area contributed by atoms with Crippen LogP contribution in [0.15, 0.2) is 115 Å². The molecule has 0 bridgehead atoms. The number of nitrogens with zero attached hydrogens (tertiary/aromatic N) is 1. The van der Waals surface area contributed by atoms with Gasteiger partial charge in [0.25, 0.3) is 5.69 Å². The third kappa shape index (κ3) is 16.7. The summed E-state index contributed by atoms with van der Waals surface area (Å²) >= 11 is 0. The predicted octanol–water partition coefficient (Wildman–Crippen LogP) is 15.6. The highest BCUT2D eigenvalue weighted by Gasteiger charge is 2.15. The van der Waals surface area contributed by atoms with E-state index in [2.05, 4.69) is 116 Å². The maximum Gasteiger partial charge on any atom is 0.272 e. The van der Waals surface area contributed by atoms with Crippen LogP contribution >= 0.6 is 0 Å². The standard InChI is InChI=1S/C17H20O.C10H12O2.C10H14.C9H11NO2.4CH4/c1-13(2)16-9-10-17(14(3)11-16)18-12-15-7-5-4-6-8-15;1-7(2)8-3-4-9-10(5-8)12-6-11-9;1-8(2)10-7-5-4-6-9(10)3;1-7(2)8-5-3-4-6-9(8)10(11)12;;;;/h4-11,13H,12H2,1-3H3;3-5,7H,6H2,1-2H3;4-8H,1-3H3;3-7H,1-2H3;4*1H4. The average Bonchev–Trinajstić information content (AvgIpc) is 3.61. The molecule has 0 saturated heterocycles. The minimum atomic E-state index is -0.338. The zero-order valence-corrected chi connectivity index (χ0v) is 32.7. The summed E-state index contributed by atoms with van der Waals surface area (Å²) in [7, 11) is 0. The molecule has 1 aliphatic heterocycles. The molecular weight excluding hydrogens is 695 g/mol. The largest absolute Gasteiger partial charge is 0.489 e. The van der Waals surface area contributed by atoms with Gasteiger partial charge < -0.3 is 14.2 Å².